The summed E-state index contributed by atoms with van der Waals surface area (Å²) in [5.41, 5.74) is 1.96. The summed E-state index contributed by atoms with van der Waals surface area (Å²) in [5.74, 6) is 0. The Kier molecular flexibility index (Phi) is 5.62. The van der Waals surface area contributed by atoms with Crippen molar-refractivity contribution < 1.29 is 18.9 Å². The van der Waals surface area contributed by atoms with Crippen LogP contribution < -0.4 is 0 Å². The van der Waals surface area contributed by atoms with E-state index in [2.05, 4.69) is 68.3 Å². The third-order valence-corrected chi connectivity index (χ3v) is 6.54. The average molecular weight is 508 g/mol. The zero-order chi connectivity index (χ0) is 20.0. The fourth-order valence-electron chi connectivity index (χ4n) is 4.05. The normalized spacial score (nSPS) is 12.4. The minimum Gasteiger partial charge on any atom is -0.352 e. The summed E-state index contributed by atoms with van der Waals surface area (Å²) in [7, 11) is 6.60. The van der Waals surface area contributed by atoms with Crippen molar-refractivity contribution in [3.8, 4) is 0 Å². The van der Waals surface area contributed by atoms with Crippen LogP contribution in [-0.2, 0) is 18.9 Å². The van der Waals surface area contributed by atoms with E-state index in [9.17, 15) is 0 Å². The zero-order valence-electron chi connectivity index (χ0n) is 16.0. The minimum atomic E-state index is -0.450. The van der Waals surface area contributed by atoms with Gasteiger partial charge in [-0.3, -0.25) is 0 Å². The number of rotatable bonds is 6. The van der Waals surface area contributed by atoms with Gasteiger partial charge in [-0.1, -0.05) is 56.1 Å². The van der Waals surface area contributed by atoms with Gasteiger partial charge in [0.25, 0.3) is 0 Å². The highest BCUT2D eigenvalue weighted by Crippen LogP contribution is 2.45. The highest BCUT2D eigenvalue weighted by Gasteiger charge is 2.22. The van der Waals surface area contributed by atoms with Crippen LogP contribution in [0.3, 0.4) is 0 Å². The molecule has 0 amide bonds. The van der Waals surface area contributed by atoms with E-state index in [0.29, 0.717) is 0 Å². The number of benzene rings is 4. The number of hydrogen-bond donors (Lipinski definition) is 0. The Morgan fingerprint density at radius 3 is 1.21 bits per heavy atom. The lowest BCUT2D eigenvalue weighted by molar-refractivity contribution is -0.105. The Morgan fingerprint density at radius 2 is 0.893 bits per heavy atom. The lowest BCUT2D eigenvalue weighted by Crippen LogP contribution is -2.07. The molecule has 4 nitrogen and oxygen atoms in total. The van der Waals surface area contributed by atoms with Crippen molar-refractivity contribution in [1.29, 1.82) is 0 Å². The number of halogens is 2. The molecule has 0 atom stereocenters. The van der Waals surface area contributed by atoms with Gasteiger partial charge in [-0.2, -0.15) is 0 Å². The molecule has 4 rings (SSSR count). The zero-order valence-corrected chi connectivity index (χ0v) is 19.2. The molecule has 0 bridgehead atoms. The first-order chi connectivity index (χ1) is 13.5. The first-order valence-electron chi connectivity index (χ1n) is 8.76. The summed E-state index contributed by atoms with van der Waals surface area (Å²) in [6.45, 7) is 0. The maximum absolute atomic E-state index is 5.56. The second kappa shape index (κ2) is 7.86. The molecular formula is C22H20Br2O4. The Morgan fingerprint density at radius 1 is 0.571 bits per heavy atom. The van der Waals surface area contributed by atoms with Gasteiger partial charge in [0.05, 0.1) is 0 Å². The first kappa shape index (κ1) is 20.0. The van der Waals surface area contributed by atoms with E-state index in [0.717, 1.165) is 52.4 Å². The Bertz CT molecular complexity index is 1060. The molecule has 0 heterocycles. The van der Waals surface area contributed by atoms with Crippen molar-refractivity contribution in [1.82, 2.24) is 0 Å². The molecule has 0 aliphatic carbocycles. The van der Waals surface area contributed by atoms with Crippen LogP contribution in [-0.4, -0.2) is 28.4 Å². The van der Waals surface area contributed by atoms with Crippen LogP contribution in [0.2, 0.25) is 0 Å². The topological polar surface area (TPSA) is 36.9 Å². The third kappa shape index (κ3) is 2.95. The van der Waals surface area contributed by atoms with E-state index < -0.39 is 12.6 Å². The summed E-state index contributed by atoms with van der Waals surface area (Å²) in [6.07, 6.45) is -0.899. The molecule has 0 saturated carbocycles. The van der Waals surface area contributed by atoms with Crippen LogP contribution in [0.5, 0.6) is 0 Å². The highest BCUT2D eigenvalue weighted by molar-refractivity contribution is 9.11. The molecule has 0 aromatic heterocycles. The summed E-state index contributed by atoms with van der Waals surface area (Å²) in [6, 6.07) is 12.7. The molecule has 0 saturated heterocycles. The van der Waals surface area contributed by atoms with E-state index >= 15 is 0 Å². The van der Waals surface area contributed by atoms with Crippen molar-refractivity contribution >= 4 is 64.2 Å². The minimum absolute atomic E-state index is 0.450. The first-order valence-corrected chi connectivity index (χ1v) is 10.3. The third-order valence-electron chi connectivity index (χ3n) is 5.23. The van der Waals surface area contributed by atoms with Gasteiger partial charge in [-0.15, -0.1) is 0 Å². The number of ether oxygens (including phenoxy) is 4. The molecule has 0 aliphatic rings. The van der Waals surface area contributed by atoms with Gasteiger partial charge in [-0.25, -0.2) is 0 Å². The molecule has 146 valence electrons. The fourth-order valence-corrected chi connectivity index (χ4v) is 5.20. The Labute approximate surface area is 180 Å². The van der Waals surface area contributed by atoms with Gasteiger partial charge in [0.1, 0.15) is 0 Å². The molecule has 0 spiro atoms. The smallest absolute Gasteiger partial charge is 0.183 e. The highest BCUT2D eigenvalue weighted by atomic mass is 79.9. The van der Waals surface area contributed by atoms with Gasteiger partial charge in [-0.05, 0) is 44.5 Å². The number of hydrogen-bond acceptors (Lipinski definition) is 4. The average Bonchev–Trinajstić information content (AvgIpc) is 2.71. The van der Waals surface area contributed by atoms with Crippen LogP contribution in [0, 0.1) is 0 Å². The van der Waals surface area contributed by atoms with Gasteiger partial charge < -0.3 is 18.9 Å². The second-order valence-corrected chi connectivity index (χ2v) is 8.28. The summed E-state index contributed by atoms with van der Waals surface area (Å²) in [4.78, 5) is 0. The summed E-state index contributed by atoms with van der Waals surface area (Å²) >= 11 is 7.48. The lowest BCUT2D eigenvalue weighted by Gasteiger charge is -2.22. The van der Waals surface area contributed by atoms with E-state index in [-0.39, 0.29) is 0 Å². The molecule has 28 heavy (non-hydrogen) atoms. The van der Waals surface area contributed by atoms with Gasteiger partial charge in [0.15, 0.2) is 12.6 Å². The Hall–Kier alpha value is -1.28. The van der Waals surface area contributed by atoms with Crippen molar-refractivity contribution in [2.24, 2.45) is 0 Å². The predicted molar refractivity (Wildman–Crippen MR) is 119 cm³/mol. The molecule has 4 aromatic rings. The van der Waals surface area contributed by atoms with Crippen LogP contribution >= 0.6 is 31.9 Å². The van der Waals surface area contributed by atoms with Crippen LogP contribution in [0.15, 0.2) is 45.3 Å². The maximum atomic E-state index is 5.56. The summed E-state index contributed by atoms with van der Waals surface area (Å²) < 4.78 is 24.2. The van der Waals surface area contributed by atoms with Crippen molar-refractivity contribution in [2.75, 3.05) is 28.4 Å². The standard InChI is InChI=1S/C22H20Br2O4/c1-25-21(26-2)15-9-17(23)13-7-8-14-18(24)10-16(22(27-3)28-4)12-6-5-11(15)19(13)20(12)14/h5-10,21-22H,1-4H3. The van der Waals surface area contributed by atoms with Crippen LogP contribution in [0.4, 0.5) is 0 Å². The lowest BCUT2D eigenvalue weighted by atomic mass is 9.89. The van der Waals surface area contributed by atoms with Gasteiger partial charge in [0.2, 0.25) is 0 Å². The maximum Gasteiger partial charge on any atom is 0.183 e. The molecule has 6 heteroatoms. The molecular weight excluding hydrogens is 488 g/mol. The van der Waals surface area contributed by atoms with E-state index in [1.54, 1.807) is 28.4 Å². The Balaban J connectivity index is 2.21. The molecule has 4 aromatic carbocycles. The second-order valence-electron chi connectivity index (χ2n) is 6.57. The molecule has 0 aliphatic heterocycles. The van der Waals surface area contributed by atoms with Crippen molar-refractivity contribution in [2.45, 2.75) is 12.6 Å². The molecule has 0 radical (unpaired) electrons. The van der Waals surface area contributed by atoms with Crippen LogP contribution in [0.1, 0.15) is 23.7 Å². The SMILES string of the molecule is COC(OC)c1cc(Br)c2ccc3c(Br)cc(C(OC)OC)c4ccc1c2c34. The predicted octanol–water partition coefficient (Wildman–Crippen LogP) is 6.69. The van der Waals surface area contributed by atoms with Gasteiger partial charge >= 0.3 is 0 Å². The monoisotopic (exact) mass is 506 g/mol. The summed E-state index contributed by atoms with van der Waals surface area (Å²) in [5, 5.41) is 6.79. The van der Waals surface area contributed by atoms with E-state index in [4.69, 9.17) is 18.9 Å². The quantitative estimate of drug-likeness (QED) is 0.215. The molecule has 0 unspecified atom stereocenters. The van der Waals surface area contributed by atoms with E-state index in [1.165, 1.54) is 0 Å². The van der Waals surface area contributed by atoms with Crippen molar-refractivity contribution in [3.05, 3.63) is 56.5 Å². The number of methoxy groups -OCH3 is 4. The van der Waals surface area contributed by atoms with E-state index in [1.807, 2.05) is 0 Å². The fraction of sp³-hybridized carbons (Fsp3) is 0.273. The largest absolute Gasteiger partial charge is 0.352 e. The van der Waals surface area contributed by atoms with Gasteiger partial charge in [0, 0.05) is 48.5 Å². The molecule has 0 fully saturated rings. The van der Waals surface area contributed by atoms with Crippen molar-refractivity contribution in [3.63, 3.8) is 0 Å². The van der Waals surface area contributed by atoms with Crippen LogP contribution in [0.25, 0.3) is 32.3 Å². The molecule has 0 N–H and O–H groups in total.